The van der Waals surface area contributed by atoms with Crippen molar-refractivity contribution >= 4 is 27.5 Å². The first-order valence-electron chi connectivity index (χ1n) is 3.43. The van der Waals surface area contributed by atoms with Gasteiger partial charge < -0.3 is 4.42 Å². The van der Waals surface area contributed by atoms with E-state index in [9.17, 15) is 0 Å². The van der Waals surface area contributed by atoms with E-state index in [4.69, 9.17) is 9.68 Å². The number of nitriles is 1. The van der Waals surface area contributed by atoms with E-state index in [1.165, 1.54) is 6.26 Å². The molecule has 66 valence electrons. The van der Waals surface area contributed by atoms with Crippen LogP contribution in [0.3, 0.4) is 0 Å². The van der Waals surface area contributed by atoms with Gasteiger partial charge in [-0.2, -0.15) is 10.2 Å². The van der Waals surface area contributed by atoms with Crippen LogP contribution in [0.25, 0.3) is 5.70 Å². The molecule has 2 heterocycles. The van der Waals surface area contributed by atoms with Crippen LogP contribution in [-0.2, 0) is 0 Å². The lowest BCUT2D eigenvalue weighted by molar-refractivity contribution is 0.539. The van der Waals surface area contributed by atoms with Crippen LogP contribution in [0.1, 0.15) is 11.6 Å². The maximum atomic E-state index is 8.51. The number of rotatable bonds is 3. The summed E-state index contributed by atoms with van der Waals surface area (Å²) in [5, 5.41) is 8.51. The van der Waals surface area contributed by atoms with Crippen LogP contribution in [0.4, 0.5) is 0 Å². The normalized spacial score (nSPS) is 13.8. The SMILES string of the molecule is CSSN1C=C1c1nc(C#N)co1. The van der Waals surface area contributed by atoms with Crippen LogP contribution in [0.5, 0.6) is 0 Å². The summed E-state index contributed by atoms with van der Waals surface area (Å²) in [5.41, 5.74) is 1.25. The maximum Gasteiger partial charge on any atom is 0.246 e. The Hall–Kier alpha value is -1.06. The zero-order chi connectivity index (χ0) is 9.26. The van der Waals surface area contributed by atoms with E-state index in [1.807, 2.05) is 22.8 Å². The van der Waals surface area contributed by atoms with E-state index in [2.05, 4.69) is 4.98 Å². The molecule has 0 radical (unpaired) electrons. The highest BCUT2D eigenvalue weighted by molar-refractivity contribution is 8.75. The van der Waals surface area contributed by atoms with Crippen molar-refractivity contribution in [3.8, 4) is 6.07 Å². The summed E-state index contributed by atoms with van der Waals surface area (Å²) in [4.78, 5) is 3.96. The molecule has 1 aromatic rings. The summed E-state index contributed by atoms with van der Waals surface area (Å²) in [6.07, 6.45) is 5.26. The fraction of sp³-hybridized carbons (Fsp3) is 0.143. The molecular weight excluding hydrogens is 206 g/mol. The van der Waals surface area contributed by atoms with Gasteiger partial charge in [-0.3, -0.25) is 4.31 Å². The molecular formula is C7H5N3OS2. The molecule has 0 aliphatic carbocycles. The lowest BCUT2D eigenvalue weighted by Gasteiger charge is -1.96. The van der Waals surface area contributed by atoms with Gasteiger partial charge in [0.25, 0.3) is 0 Å². The lowest BCUT2D eigenvalue weighted by atomic mass is 10.5. The van der Waals surface area contributed by atoms with Crippen molar-refractivity contribution < 1.29 is 4.42 Å². The molecule has 0 spiro atoms. The van der Waals surface area contributed by atoms with E-state index < -0.39 is 0 Å². The third-order valence-corrected chi connectivity index (χ3v) is 2.94. The van der Waals surface area contributed by atoms with Crippen LogP contribution in [0.15, 0.2) is 16.9 Å². The van der Waals surface area contributed by atoms with Crippen molar-refractivity contribution in [3.05, 3.63) is 24.0 Å². The summed E-state index contributed by atoms with van der Waals surface area (Å²) in [6, 6.07) is 1.91. The van der Waals surface area contributed by atoms with Gasteiger partial charge in [-0.05, 0) is 6.26 Å². The first-order chi connectivity index (χ1) is 6.35. The van der Waals surface area contributed by atoms with Gasteiger partial charge in [-0.1, -0.05) is 10.8 Å². The Balaban J connectivity index is 2.04. The monoisotopic (exact) mass is 211 g/mol. The minimum Gasteiger partial charge on any atom is -0.442 e. The molecule has 13 heavy (non-hydrogen) atoms. The van der Waals surface area contributed by atoms with Crippen LogP contribution in [0, 0.1) is 11.3 Å². The van der Waals surface area contributed by atoms with Crippen LogP contribution in [-0.4, -0.2) is 15.5 Å². The zero-order valence-electron chi connectivity index (χ0n) is 6.72. The van der Waals surface area contributed by atoms with Crippen LogP contribution in [0.2, 0.25) is 0 Å². The Morgan fingerprint density at radius 3 is 3.15 bits per heavy atom. The molecule has 0 amide bonds. The van der Waals surface area contributed by atoms with E-state index in [0.717, 1.165) is 5.70 Å². The number of hydrogen-bond acceptors (Lipinski definition) is 6. The molecule has 1 aromatic heterocycles. The van der Waals surface area contributed by atoms with Gasteiger partial charge in [0.15, 0.2) is 5.69 Å². The van der Waals surface area contributed by atoms with Gasteiger partial charge >= 0.3 is 0 Å². The molecule has 0 unspecified atom stereocenters. The average molecular weight is 211 g/mol. The summed E-state index contributed by atoms with van der Waals surface area (Å²) in [5.74, 6) is 0.512. The van der Waals surface area contributed by atoms with Gasteiger partial charge in [-0.15, -0.1) is 0 Å². The second kappa shape index (κ2) is 3.36. The first kappa shape index (κ1) is 8.53. The maximum absolute atomic E-state index is 8.51. The van der Waals surface area contributed by atoms with Gasteiger partial charge in [0.2, 0.25) is 5.89 Å². The lowest BCUT2D eigenvalue weighted by Crippen LogP contribution is -1.83. The molecule has 0 fully saturated rings. The molecule has 1 aliphatic heterocycles. The Kier molecular flexibility index (Phi) is 2.20. The number of nitrogens with zero attached hydrogens (tertiary/aromatic N) is 3. The predicted octanol–water partition coefficient (Wildman–Crippen LogP) is 2.09. The molecule has 6 heteroatoms. The van der Waals surface area contributed by atoms with Crippen molar-refractivity contribution in [2.75, 3.05) is 6.26 Å². The van der Waals surface area contributed by atoms with E-state index in [-0.39, 0.29) is 0 Å². The summed E-state index contributed by atoms with van der Waals surface area (Å²) < 4.78 is 7.03. The van der Waals surface area contributed by atoms with Crippen molar-refractivity contribution in [3.63, 3.8) is 0 Å². The minimum absolute atomic E-state index is 0.317. The zero-order valence-corrected chi connectivity index (χ0v) is 8.35. The summed E-state index contributed by atoms with van der Waals surface area (Å²) in [7, 11) is 3.23. The average Bonchev–Trinajstić information content (AvgIpc) is 2.76. The van der Waals surface area contributed by atoms with Crippen LogP contribution >= 0.6 is 21.8 Å². The quantitative estimate of drug-likeness (QED) is 0.563. The van der Waals surface area contributed by atoms with Crippen molar-refractivity contribution in [2.24, 2.45) is 0 Å². The standard InChI is InChI=1S/C7H5N3OS2/c1-12-13-10-3-6(10)7-9-5(2-8)4-11-7/h3-4H,1H3. The summed E-state index contributed by atoms with van der Waals surface area (Å²) >= 11 is 0. The molecule has 0 aromatic carbocycles. The Bertz CT molecular complexity index is 393. The van der Waals surface area contributed by atoms with Gasteiger partial charge in [-0.25, -0.2) is 0 Å². The minimum atomic E-state index is 0.317. The highest BCUT2D eigenvalue weighted by Gasteiger charge is 2.27. The molecule has 0 N–H and O–H groups in total. The third kappa shape index (κ3) is 1.66. The second-order valence-corrected chi connectivity index (χ2v) is 4.55. The Morgan fingerprint density at radius 1 is 1.69 bits per heavy atom. The molecule has 0 atom stereocenters. The molecule has 1 aliphatic rings. The smallest absolute Gasteiger partial charge is 0.246 e. The van der Waals surface area contributed by atoms with E-state index >= 15 is 0 Å². The number of oxazole rings is 1. The Morgan fingerprint density at radius 2 is 2.54 bits per heavy atom. The van der Waals surface area contributed by atoms with Gasteiger partial charge in [0.05, 0.1) is 0 Å². The van der Waals surface area contributed by atoms with Gasteiger partial charge in [0, 0.05) is 17.2 Å². The molecule has 0 saturated heterocycles. The van der Waals surface area contributed by atoms with Crippen molar-refractivity contribution in [1.29, 1.82) is 5.26 Å². The highest BCUT2D eigenvalue weighted by atomic mass is 33.1. The Labute approximate surface area is 83.1 Å². The van der Waals surface area contributed by atoms with E-state index in [1.54, 1.807) is 21.8 Å². The highest BCUT2D eigenvalue weighted by Crippen LogP contribution is 2.42. The number of hydrogen-bond donors (Lipinski definition) is 0. The fourth-order valence-corrected chi connectivity index (χ4v) is 2.13. The largest absolute Gasteiger partial charge is 0.442 e. The van der Waals surface area contributed by atoms with Crippen LogP contribution < -0.4 is 0 Å². The predicted molar refractivity (Wildman–Crippen MR) is 52.1 cm³/mol. The molecule has 0 saturated carbocycles. The van der Waals surface area contributed by atoms with Gasteiger partial charge in [0.1, 0.15) is 18.0 Å². The first-order valence-corrected chi connectivity index (χ1v) is 5.94. The van der Waals surface area contributed by atoms with Crippen molar-refractivity contribution in [2.45, 2.75) is 0 Å². The van der Waals surface area contributed by atoms with E-state index in [0.29, 0.717) is 11.6 Å². The molecule has 4 nitrogen and oxygen atoms in total. The molecule has 0 bridgehead atoms. The van der Waals surface area contributed by atoms with Crippen molar-refractivity contribution in [1.82, 2.24) is 9.29 Å². The fourth-order valence-electron chi connectivity index (χ4n) is 0.816. The summed E-state index contributed by atoms with van der Waals surface area (Å²) in [6.45, 7) is 0. The third-order valence-electron chi connectivity index (χ3n) is 1.40. The molecule has 2 rings (SSSR count). The number of aromatic nitrogens is 1. The second-order valence-electron chi connectivity index (χ2n) is 2.23. The topological polar surface area (TPSA) is 52.8 Å².